The van der Waals surface area contributed by atoms with Gasteiger partial charge in [-0.1, -0.05) is 24.3 Å². The van der Waals surface area contributed by atoms with Crippen molar-refractivity contribution >= 4 is 17.7 Å². The second-order valence-corrected chi connectivity index (χ2v) is 7.19. The van der Waals surface area contributed by atoms with Gasteiger partial charge in [-0.25, -0.2) is 0 Å². The predicted molar refractivity (Wildman–Crippen MR) is 107 cm³/mol. The summed E-state index contributed by atoms with van der Waals surface area (Å²) in [5.74, 6) is -2.11. The molecule has 0 bridgehead atoms. The van der Waals surface area contributed by atoms with E-state index in [1.165, 1.54) is 25.1 Å². The second kappa shape index (κ2) is 8.03. The van der Waals surface area contributed by atoms with Gasteiger partial charge >= 0.3 is 5.97 Å². The van der Waals surface area contributed by atoms with Gasteiger partial charge in [-0.3, -0.25) is 14.4 Å². The predicted octanol–water partition coefficient (Wildman–Crippen LogP) is 1.43. The molecule has 1 aromatic rings. The van der Waals surface area contributed by atoms with Gasteiger partial charge in [0.1, 0.15) is 11.8 Å². The lowest BCUT2D eigenvalue weighted by molar-refractivity contribution is -0.153. The minimum Gasteiger partial charge on any atom is -0.497 e. The van der Waals surface area contributed by atoms with Gasteiger partial charge in [-0.15, -0.1) is 0 Å². The molecule has 3 rings (SSSR count). The van der Waals surface area contributed by atoms with E-state index in [0.717, 1.165) is 0 Å². The summed E-state index contributed by atoms with van der Waals surface area (Å²) in [5.41, 5.74) is 4.89. The van der Waals surface area contributed by atoms with Crippen molar-refractivity contribution in [2.75, 3.05) is 13.7 Å². The Morgan fingerprint density at radius 3 is 2.63 bits per heavy atom. The Morgan fingerprint density at radius 1 is 1.33 bits per heavy atom. The lowest BCUT2D eigenvalue weighted by Crippen LogP contribution is -2.45. The molecule has 1 aromatic carbocycles. The van der Waals surface area contributed by atoms with Gasteiger partial charge in [-0.2, -0.15) is 5.26 Å². The standard InChI is InChI=1S/C22H23N3O5/c1-4-30-21(28)22(12-23)17-9-8-15(13(2)26)11-25(17)19(20(24)27)18(22)14-6-5-7-16(10-14)29-3/h5-11,17-19H,4H2,1-3H3,(H2,24,27)/t17-,18+,19-,22-/m0/s1. The topological polar surface area (TPSA) is 123 Å². The fraction of sp³-hybridized carbons (Fsp3) is 0.364. The third-order valence-corrected chi connectivity index (χ3v) is 5.61. The van der Waals surface area contributed by atoms with Crippen molar-refractivity contribution in [2.45, 2.75) is 31.8 Å². The number of carbonyl (C=O) groups is 3. The molecule has 0 aromatic heterocycles. The second-order valence-electron chi connectivity index (χ2n) is 7.19. The molecule has 2 aliphatic heterocycles. The number of amides is 1. The van der Waals surface area contributed by atoms with Crippen LogP contribution in [0.5, 0.6) is 5.75 Å². The quantitative estimate of drug-likeness (QED) is 0.705. The summed E-state index contributed by atoms with van der Waals surface area (Å²) in [6.07, 6.45) is 4.64. The number of methoxy groups -OCH3 is 1. The van der Waals surface area contributed by atoms with Crippen LogP contribution >= 0.6 is 0 Å². The van der Waals surface area contributed by atoms with Crippen LogP contribution in [0.15, 0.2) is 48.2 Å². The van der Waals surface area contributed by atoms with E-state index in [4.69, 9.17) is 15.2 Å². The molecule has 2 N–H and O–H groups in total. The Labute approximate surface area is 174 Å². The highest BCUT2D eigenvalue weighted by Crippen LogP contribution is 2.54. The molecule has 0 spiro atoms. The average molecular weight is 409 g/mol. The number of benzene rings is 1. The zero-order valence-electron chi connectivity index (χ0n) is 17.0. The highest BCUT2D eigenvalue weighted by atomic mass is 16.5. The van der Waals surface area contributed by atoms with Crippen molar-refractivity contribution in [3.05, 3.63) is 53.8 Å². The van der Waals surface area contributed by atoms with Crippen molar-refractivity contribution < 1.29 is 23.9 Å². The number of hydrogen-bond acceptors (Lipinski definition) is 7. The maximum absolute atomic E-state index is 13.2. The molecular weight excluding hydrogens is 386 g/mol. The van der Waals surface area contributed by atoms with E-state index in [0.29, 0.717) is 16.9 Å². The monoisotopic (exact) mass is 409 g/mol. The number of allylic oxidation sites excluding steroid dienone is 2. The molecule has 1 amide bonds. The summed E-state index contributed by atoms with van der Waals surface area (Å²) in [6.45, 7) is 3.11. The number of hydrogen-bond donors (Lipinski definition) is 1. The Hall–Kier alpha value is -3.60. The van der Waals surface area contributed by atoms with Gasteiger partial charge < -0.3 is 20.1 Å². The molecule has 1 fully saturated rings. The number of nitrogens with two attached hydrogens (primary N) is 1. The van der Waals surface area contributed by atoms with Crippen LogP contribution in [0.2, 0.25) is 0 Å². The zero-order chi connectivity index (χ0) is 22.1. The molecule has 0 unspecified atom stereocenters. The summed E-state index contributed by atoms with van der Waals surface area (Å²) in [5, 5.41) is 10.3. The number of ketones is 1. The third kappa shape index (κ3) is 3.12. The Bertz CT molecular complexity index is 993. The third-order valence-electron chi connectivity index (χ3n) is 5.61. The number of Topliss-reactive ketones (excluding diaryl/α,β-unsaturated/α-hetero) is 1. The molecule has 8 nitrogen and oxygen atoms in total. The van der Waals surface area contributed by atoms with Crippen LogP contribution in [0, 0.1) is 16.7 Å². The highest BCUT2D eigenvalue weighted by molar-refractivity contribution is 5.97. The Kier molecular flexibility index (Phi) is 5.65. The minimum absolute atomic E-state index is 0.0688. The minimum atomic E-state index is -1.75. The van der Waals surface area contributed by atoms with Crippen LogP contribution in [-0.2, 0) is 19.1 Å². The van der Waals surface area contributed by atoms with Gasteiger partial charge in [0, 0.05) is 17.7 Å². The first-order valence-electron chi connectivity index (χ1n) is 9.51. The maximum atomic E-state index is 13.2. The van der Waals surface area contributed by atoms with Crippen LogP contribution in [0.3, 0.4) is 0 Å². The maximum Gasteiger partial charge on any atom is 0.329 e. The summed E-state index contributed by atoms with van der Waals surface area (Å²) in [4.78, 5) is 39.3. The summed E-state index contributed by atoms with van der Waals surface area (Å²) in [6, 6.07) is 7.08. The molecule has 1 saturated heterocycles. The van der Waals surface area contributed by atoms with Gasteiger partial charge in [0.25, 0.3) is 0 Å². The van der Waals surface area contributed by atoms with Gasteiger partial charge in [0.2, 0.25) is 5.91 Å². The van der Waals surface area contributed by atoms with E-state index in [-0.39, 0.29) is 12.4 Å². The number of nitriles is 1. The number of ether oxygens (including phenoxy) is 2. The van der Waals surface area contributed by atoms with Crippen LogP contribution in [-0.4, -0.2) is 48.4 Å². The number of rotatable bonds is 6. The Balaban J connectivity index is 2.30. The molecule has 4 atom stereocenters. The van der Waals surface area contributed by atoms with Crippen LogP contribution in [0.25, 0.3) is 0 Å². The first-order valence-corrected chi connectivity index (χ1v) is 9.51. The van der Waals surface area contributed by atoms with Crippen molar-refractivity contribution in [1.82, 2.24) is 4.90 Å². The smallest absolute Gasteiger partial charge is 0.329 e. The Morgan fingerprint density at radius 2 is 2.07 bits per heavy atom. The zero-order valence-corrected chi connectivity index (χ0v) is 17.0. The van der Waals surface area contributed by atoms with Crippen molar-refractivity contribution in [2.24, 2.45) is 11.1 Å². The molecule has 0 saturated carbocycles. The van der Waals surface area contributed by atoms with Crippen LogP contribution in [0.4, 0.5) is 0 Å². The van der Waals surface area contributed by atoms with Gasteiger partial charge in [-0.05, 0) is 31.5 Å². The van der Waals surface area contributed by atoms with E-state index < -0.39 is 35.3 Å². The van der Waals surface area contributed by atoms with E-state index in [1.807, 2.05) is 0 Å². The molecule has 8 heteroatoms. The van der Waals surface area contributed by atoms with Crippen molar-refractivity contribution in [3.63, 3.8) is 0 Å². The van der Waals surface area contributed by atoms with Gasteiger partial charge in [0.05, 0.1) is 25.8 Å². The summed E-state index contributed by atoms with van der Waals surface area (Å²) < 4.78 is 10.6. The number of fused-ring (bicyclic) bond motifs is 1. The molecule has 156 valence electrons. The molecule has 0 radical (unpaired) electrons. The fourth-order valence-corrected chi connectivity index (χ4v) is 4.30. The lowest BCUT2D eigenvalue weighted by atomic mass is 9.68. The SMILES string of the molecule is CCOC(=O)[C@]1(C#N)[C@H](c2cccc(OC)c2)[C@@H](C(N)=O)N2C=C(C(C)=O)C=C[C@H]21. The largest absolute Gasteiger partial charge is 0.497 e. The lowest BCUT2D eigenvalue weighted by Gasteiger charge is -2.32. The van der Waals surface area contributed by atoms with E-state index in [2.05, 4.69) is 6.07 Å². The highest BCUT2D eigenvalue weighted by Gasteiger charge is 2.66. The average Bonchev–Trinajstić information content (AvgIpc) is 3.04. The molecule has 0 aliphatic carbocycles. The normalized spacial score (nSPS) is 26.9. The summed E-state index contributed by atoms with van der Waals surface area (Å²) in [7, 11) is 1.50. The number of primary amides is 1. The molecule has 30 heavy (non-hydrogen) atoms. The van der Waals surface area contributed by atoms with E-state index in [9.17, 15) is 19.6 Å². The van der Waals surface area contributed by atoms with Gasteiger partial charge in [0.15, 0.2) is 11.2 Å². The fourth-order valence-electron chi connectivity index (χ4n) is 4.30. The first kappa shape index (κ1) is 21.1. The number of carbonyl (C=O) groups excluding carboxylic acids is 3. The molecule has 2 aliphatic rings. The van der Waals surface area contributed by atoms with E-state index in [1.54, 1.807) is 43.3 Å². The van der Waals surface area contributed by atoms with Crippen LogP contribution in [0.1, 0.15) is 25.3 Å². The molecular formula is C22H23N3O5. The first-order chi connectivity index (χ1) is 14.3. The molecule has 2 heterocycles. The van der Waals surface area contributed by atoms with E-state index >= 15 is 0 Å². The summed E-state index contributed by atoms with van der Waals surface area (Å²) >= 11 is 0. The van der Waals surface area contributed by atoms with Crippen LogP contribution < -0.4 is 10.5 Å². The number of esters is 1. The van der Waals surface area contributed by atoms with Crippen molar-refractivity contribution in [3.8, 4) is 11.8 Å². The number of nitrogens with zero attached hydrogens (tertiary/aromatic N) is 2. The van der Waals surface area contributed by atoms with Crippen molar-refractivity contribution in [1.29, 1.82) is 5.26 Å².